The van der Waals surface area contributed by atoms with E-state index in [-0.39, 0.29) is 12.2 Å². The zero-order chi connectivity index (χ0) is 16.9. The topological polar surface area (TPSA) is 65.0 Å². The molecule has 6 heteroatoms. The molecule has 0 atom stereocenters. The molecule has 0 saturated carbocycles. The fourth-order valence-electron chi connectivity index (χ4n) is 2.22. The maximum Gasteiger partial charge on any atom is 0.169 e. The second kappa shape index (κ2) is 7.19. The number of ether oxygens (including phenoxy) is 1. The number of hydrogen-bond acceptors (Lipinski definition) is 5. The quantitative estimate of drug-likeness (QED) is 0.656. The maximum absolute atomic E-state index is 12.5. The predicted molar refractivity (Wildman–Crippen MR) is 90.6 cm³/mol. The number of hydrogen-bond donors (Lipinski definition) is 0. The van der Waals surface area contributed by atoms with Crippen LogP contribution in [0.2, 0.25) is 5.02 Å². The second-order valence-electron chi connectivity index (χ2n) is 5.22. The first-order chi connectivity index (χ1) is 11.6. The number of halogens is 1. The molecule has 0 fully saturated rings. The Labute approximate surface area is 144 Å². The summed E-state index contributed by atoms with van der Waals surface area (Å²) in [5.74, 6) is 0.848. The molecule has 2 heterocycles. The highest BCUT2D eigenvalue weighted by Crippen LogP contribution is 2.26. The van der Waals surface area contributed by atoms with Gasteiger partial charge in [0.05, 0.1) is 18.8 Å². The van der Waals surface area contributed by atoms with Crippen molar-refractivity contribution in [2.75, 3.05) is 0 Å². The highest BCUT2D eigenvalue weighted by Gasteiger charge is 2.11. The van der Waals surface area contributed by atoms with E-state index in [1.54, 1.807) is 18.2 Å². The Bertz CT molecular complexity index is 869. The van der Waals surface area contributed by atoms with Gasteiger partial charge in [-0.25, -0.2) is 9.97 Å². The molecule has 0 aliphatic heterocycles. The van der Waals surface area contributed by atoms with Crippen molar-refractivity contribution in [1.82, 2.24) is 15.0 Å². The second-order valence-corrected chi connectivity index (χ2v) is 5.66. The summed E-state index contributed by atoms with van der Waals surface area (Å²) in [6, 6.07) is 10.5. The summed E-state index contributed by atoms with van der Waals surface area (Å²) in [6.45, 7) is 1.89. The van der Waals surface area contributed by atoms with Gasteiger partial charge in [0.15, 0.2) is 11.5 Å². The molecular weight excluding hydrogens is 326 g/mol. The lowest BCUT2D eigenvalue weighted by Gasteiger charge is -2.08. The average Bonchev–Trinajstić information content (AvgIpc) is 2.55. The van der Waals surface area contributed by atoms with Crippen LogP contribution < -0.4 is 4.74 Å². The summed E-state index contributed by atoms with van der Waals surface area (Å²) >= 11 is 6.11. The minimum Gasteiger partial charge on any atom is -0.454 e. The smallest absolute Gasteiger partial charge is 0.169 e. The van der Waals surface area contributed by atoms with Crippen LogP contribution in [0.15, 0.2) is 55.1 Å². The van der Waals surface area contributed by atoms with Gasteiger partial charge in [-0.15, -0.1) is 0 Å². The zero-order valence-corrected chi connectivity index (χ0v) is 13.7. The Hall–Kier alpha value is -2.79. The van der Waals surface area contributed by atoms with Crippen molar-refractivity contribution in [2.24, 2.45) is 0 Å². The Kier molecular flexibility index (Phi) is 4.82. The maximum atomic E-state index is 12.5. The van der Waals surface area contributed by atoms with Crippen molar-refractivity contribution in [1.29, 1.82) is 0 Å². The van der Waals surface area contributed by atoms with Crippen LogP contribution in [0.3, 0.4) is 0 Å². The fraction of sp³-hybridized carbons (Fsp3) is 0.111. The van der Waals surface area contributed by atoms with E-state index in [1.165, 1.54) is 18.7 Å². The highest BCUT2D eigenvalue weighted by molar-refractivity contribution is 6.31. The third-order valence-corrected chi connectivity index (χ3v) is 3.47. The normalized spacial score (nSPS) is 10.4. The Balaban J connectivity index is 1.81. The third kappa shape index (κ3) is 4.14. The van der Waals surface area contributed by atoms with Gasteiger partial charge in [-0.2, -0.15) is 0 Å². The van der Waals surface area contributed by atoms with Crippen LogP contribution in [0.1, 0.15) is 21.7 Å². The lowest BCUT2D eigenvalue weighted by Crippen LogP contribution is -2.06. The number of pyridine rings is 1. The first kappa shape index (κ1) is 16.1. The number of aryl methyl sites for hydroxylation is 1. The van der Waals surface area contributed by atoms with Crippen molar-refractivity contribution in [2.45, 2.75) is 13.3 Å². The summed E-state index contributed by atoms with van der Waals surface area (Å²) in [7, 11) is 0. The van der Waals surface area contributed by atoms with Gasteiger partial charge in [0, 0.05) is 22.0 Å². The van der Waals surface area contributed by atoms with Gasteiger partial charge in [0.1, 0.15) is 12.1 Å². The van der Waals surface area contributed by atoms with Gasteiger partial charge in [-0.05, 0) is 37.3 Å². The van der Waals surface area contributed by atoms with Crippen LogP contribution in [0.25, 0.3) is 0 Å². The van der Waals surface area contributed by atoms with E-state index in [2.05, 4.69) is 15.0 Å². The summed E-state index contributed by atoms with van der Waals surface area (Å²) in [4.78, 5) is 24.6. The van der Waals surface area contributed by atoms with Crippen molar-refractivity contribution in [3.63, 3.8) is 0 Å². The first-order valence-electron chi connectivity index (χ1n) is 7.29. The van der Waals surface area contributed by atoms with Crippen molar-refractivity contribution >= 4 is 17.4 Å². The van der Waals surface area contributed by atoms with E-state index in [0.717, 1.165) is 11.4 Å². The molecule has 3 rings (SSSR count). The summed E-state index contributed by atoms with van der Waals surface area (Å²) in [5, 5.41) is 0.421. The highest BCUT2D eigenvalue weighted by atomic mass is 35.5. The van der Waals surface area contributed by atoms with Gasteiger partial charge in [0.25, 0.3) is 0 Å². The number of Topliss-reactive ketones (excluding diaryl/α,β-unsaturated/α-hetero) is 1. The predicted octanol–water partition coefficient (Wildman–Crippen LogP) is 4.05. The van der Waals surface area contributed by atoms with Crippen molar-refractivity contribution in [3.8, 4) is 11.5 Å². The molecule has 1 aromatic carbocycles. The number of aromatic nitrogens is 3. The van der Waals surface area contributed by atoms with Crippen molar-refractivity contribution in [3.05, 3.63) is 77.1 Å². The van der Waals surface area contributed by atoms with Crippen LogP contribution in [0, 0.1) is 6.92 Å². The monoisotopic (exact) mass is 339 g/mol. The SMILES string of the molecule is Cc1cccc(CC(=O)c2cc(Cl)cc(Oc3cncnc3)c2)n1. The van der Waals surface area contributed by atoms with Gasteiger partial charge >= 0.3 is 0 Å². The first-order valence-corrected chi connectivity index (χ1v) is 7.67. The van der Waals surface area contributed by atoms with E-state index >= 15 is 0 Å². The van der Waals surface area contributed by atoms with Crippen LogP contribution in [-0.2, 0) is 6.42 Å². The molecule has 0 aliphatic rings. The van der Waals surface area contributed by atoms with Crippen molar-refractivity contribution < 1.29 is 9.53 Å². The van der Waals surface area contributed by atoms with Gasteiger partial charge in [-0.3, -0.25) is 9.78 Å². The van der Waals surface area contributed by atoms with Gasteiger partial charge in [0.2, 0.25) is 0 Å². The molecule has 0 unspecified atom stereocenters. The average molecular weight is 340 g/mol. The molecule has 0 aliphatic carbocycles. The third-order valence-electron chi connectivity index (χ3n) is 3.25. The largest absolute Gasteiger partial charge is 0.454 e. The Morgan fingerprint density at radius 1 is 1.12 bits per heavy atom. The number of rotatable bonds is 5. The zero-order valence-electron chi connectivity index (χ0n) is 12.9. The van der Waals surface area contributed by atoms with E-state index in [4.69, 9.17) is 16.3 Å². The molecule has 0 bridgehead atoms. The fourth-order valence-corrected chi connectivity index (χ4v) is 2.45. The Morgan fingerprint density at radius 2 is 1.92 bits per heavy atom. The molecular formula is C18H14ClN3O2. The molecule has 0 amide bonds. The lowest BCUT2D eigenvalue weighted by atomic mass is 10.1. The molecule has 0 saturated heterocycles. The van der Waals surface area contributed by atoms with Gasteiger partial charge in [-0.1, -0.05) is 17.7 Å². The Morgan fingerprint density at radius 3 is 2.67 bits per heavy atom. The summed E-state index contributed by atoms with van der Waals surface area (Å²) < 4.78 is 5.64. The van der Waals surface area contributed by atoms with E-state index in [9.17, 15) is 4.79 Å². The van der Waals surface area contributed by atoms with Gasteiger partial charge < -0.3 is 4.74 Å². The molecule has 0 N–H and O–H groups in total. The number of carbonyl (C=O) groups is 1. The minimum atomic E-state index is -0.0789. The van der Waals surface area contributed by atoms with Crippen LogP contribution in [0.4, 0.5) is 0 Å². The number of benzene rings is 1. The molecule has 0 radical (unpaired) electrons. The van der Waals surface area contributed by atoms with E-state index in [1.807, 2.05) is 25.1 Å². The van der Waals surface area contributed by atoms with Crippen LogP contribution in [0.5, 0.6) is 11.5 Å². The molecule has 24 heavy (non-hydrogen) atoms. The molecule has 120 valence electrons. The molecule has 5 nitrogen and oxygen atoms in total. The van der Waals surface area contributed by atoms with E-state index < -0.39 is 0 Å². The minimum absolute atomic E-state index is 0.0789. The number of nitrogens with zero attached hydrogens (tertiary/aromatic N) is 3. The number of carbonyl (C=O) groups excluding carboxylic acids is 1. The standard InChI is InChI=1S/C18H14ClN3O2/c1-12-3-2-4-15(22-12)8-18(23)13-5-14(19)7-16(6-13)24-17-9-20-11-21-10-17/h2-7,9-11H,8H2,1H3. The van der Waals surface area contributed by atoms with Crippen LogP contribution in [-0.4, -0.2) is 20.7 Å². The molecule has 2 aromatic heterocycles. The van der Waals surface area contributed by atoms with Crippen LogP contribution >= 0.6 is 11.6 Å². The molecule has 0 spiro atoms. The number of ketones is 1. The van der Waals surface area contributed by atoms with E-state index in [0.29, 0.717) is 22.1 Å². The summed E-state index contributed by atoms with van der Waals surface area (Å²) in [6.07, 6.45) is 4.68. The molecule has 3 aromatic rings. The summed E-state index contributed by atoms with van der Waals surface area (Å²) in [5.41, 5.74) is 2.07. The lowest BCUT2D eigenvalue weighted by molar-refractivity contribution is 0.0991.